The zero-order valence-electron chi connectivity index (χ0n) is 15.1. The van der Waals surface area contributed by atoms with Gasteiger partial charge in [0.2, 0.25) is 0 Å². The molecule has 24 heavy (non-hydrogen) atoms. The summed E-state index contributed by atoms with van der Waals surface area (Å²) in [5.41, 5.74) is -0.348. The van der Waals surface area contributed by atoms with Crippen LogP contribution in [0.4, 0.5) is 0 Å². The monoisotopic (exact) mass is 329 g/mol. The minimum atomic E-state index is -1.10. The van der Waals surface area contributed by atoms with Gasteiger partial charge in [0.1, 0.15) is 0 Å². The maximum absolute atomic E-state index is 11.7. The second-order valence-corrected chi connectivity index (χ2v) is 6.81. The van der Waals surface area contributed by atoms with Gasteiger partial charge in [0.15, 0.2) is 5.60 Å². The molecule has 1 fully saturated rings. The van der Waals surface area contributed by atoms with Gasteiger partial charge in [-0.1, -0.05) is 68.9 Å². The van der Waals surface area contributed by atoms with Crippen molar-refractivity contribution in [3.8, 4) is 11.8 Å². The molecular formula is C21H31NO2. The third-order valence-electron chi connectivity index (χ3n) is 5.63. The topological polar surface area (TPSA) is 43.7 Å². The molecule has 0 aromatic heterocycles. The second kappa shape index (κ2) is 8.67. The Balaban J connectivity index is 2.34. The van der Waals surface area contributed by atoms with Crippen molar-refractivity contribution in [1.82, 2.24) is 4.90 Å². The Morgan fingerprint density at radius 1 is 1.17 bits per heavy atom. The van der Waals surface area contributed by atoms with Crippen molar-refractivity contribution in [2.24, 2.45) is 5.41 Å². The highest BCUT2D eigenvalue weighted by molar-refractivity contribution is 5.36. The van der Waals surface area contributed by atoms with Crippen LogP contribution in [-0.2, 0) is 5.60 Å². The highest BCUT2D eigenvalue weighted by atomic mass is 16.3. The summed E-state index contributed by atoms with van der Waals surface area (Å²) < 4.78 is 0. The van der Waals surface area contributed by atoms with E-state index in [-0.39, 0.29) is 12.0 Å². The first kappa shape index (κ1) is 19.0. The molecule has 2 N–H and O–H groups in total. The number of aliphatic hydroxyl groups is 2. The number of benzene rings is 1. The first-order chi connectivity index (χ1) is 11.6. The summed E-state index contributed by atoms with van der Waals surface area (Å²) in [6, 6.07) is 9.92. The van der Waals surface area contributed by atoms with Gasteiger partial charge in [0, 0.05) is 12.0 Å². The molecule has 3 nitrogen and oxygen atoms in total. The van der Waals surface area contributed by atoms with E-state index in [0.29, 0.717) is 13.1 Å². The maximum atomic E-state index is 11.7. The van der Waals surface area contributed by atoms with E-state index < -0.39 is 5.60 Å². The molecule has 0 amide bonds. The van der Waals surface area contributed by atoms with Crippen molar-refractivity contribution >= 4 is 0 Å². The van der Waals surface area contributed by atoms with E-state index in [0.717, 1.165) is 44.2 Å². The molecule has 1 aliphatic carbocycles. The molecule has 1 aliphatic rings. The number of hydrogen-bond acceptors (Lipinski definition) is 3. The minimum Gasteiger partial charge on any atom is -0.395 e. The molecule has 3 heteroatoms. The van der Waals surface area contributed by atoms with E-state index in [1.807, 2.05) is 30.3 Å². The molecule has 1 atom stereocenters. The Bertz CT molecular complexity index is 554. The standard InChI is InChI=1S/C21H31NO2/c1-3-20(13-8-9-14-20)21(24,19-11-6-5-7-12-19)15-10-16-22(4-2)17-18-23/h5-7,11-12,23-24H,3-4,8-9,13-14,16-18H2,1-2H3. The second-order valence-electron chi connectivity index (χ2n) is 6.81. The average Bonchev–Trinajstić information content (AvgIpc) is 3.12. The molecule has 0 aliphatic heterocycles. The van der Waals surface area contributed by atoms with Gasteiger partial charge < -0.3 is 10.2 Å². The quantitative estimate of drug-likeness (QED) is 0.755. The Morgan fingerprint density at radius 3 is 2.38 bits per heavy atom. The average molecular weight is 329 g/mol. The summed E-state index contributed by atoms with van der Waals surface area (Å²) in [7, 11) is 0. The predicted molar refractivity (Wildman–Crippen MR) is 98.5 cm³/mol. The fourth-order valence-electron chi connectivity index (χ4n) is 3.98. The van der Waals surface area contributed by atoms with Crippen LogP contribution in [0.3, 0.4) is 0 Å². The molecule has 0 saturated heterocycles. The summed E-state index contributed by atoms with van der Waals surface area (Å²) in [6.45, 7) is 6.41. The lowest BCUT2D eigenvalue weighted by Gasteiger charge is -2.42. The summed E-state index contributed by atoms with van der Waals surface area (Å²) in [4.78, 5) is 2.09. The smallest absolute Gasteiger partial charge is 0.156 e. The fraction of sp³-hybridized carbons (Fsp3) is 0.619. The number of likely N-dealkylation sites (N-methyl/N-ethyl adjacent to an activating group) is 1. The van der Waals surface area contributed by atoms with Crippen LogP contribution in [0, 0.1) is 17.3 Å². The number of aliphatic hydroxyl groups excluding tert-OH is 1. The van der Waals surface area contributed by atoms with E-state index in [1.54, 1.807) is 0 Å². The Hall–Kier alpha value is -1.34. The molecule has 2 rings (SSSR count). The number of nitrogens with zero attached hydrogens (tertiary/aromatic N) is 1. The highest BCUT2D eigenvalue weighted by Gasteiger charge is 2.50. The van der Waals surface area contributed by atoms with Gasteiger partial charge in [-0.05, 0) is 31.4 Å². The first-order valence-electron chi connectivity index (χ1n) is 9.23. The Labute approximate surface area is 146 Å². The van der Waals surface area contributed by atoms with Gasteiger partial charge in [-0.3, -0.25) is 4.90 Å². The lowest BCUT2D eigenvalue weighted by Crippen LogP contribution is -2.43. The molecule has 132 valence electrons. The maximum Gasteiger partial charge on any atom is 0.156 e. The van der Waals surface area contributed by atoms with Crippen molar-refractivity contribution in [3.05, 3.63) is 35.9 Å². The van der Waals surface area contributed by atoms with E-state index in [1.165, 1.54) is 0 Å². The van der Waals surface area contributed by atoms with Crippen LogP contribution in [0.15, 0.2) is 30.3 Å². The first-order valence-corrected chi connectivity index (χ1v) is 9.23. The number of rotatable bonds is 7. The van der Waals surface area contributed by atoms with Crippen LogP contribution in [0.1, 0.15) is 51.5 Å². The van der Waals surface area contributed by atoms with Crippen LogP contribution < -0.4 is 0 Å². The highest BCUT2D eigenvalue weighted by Crippen LogP contribution is 2.53. The van der Waals surface area contributed by atoms with E-state index in [9.17, 15) is 5.11 Å². The van der Waals surface area contributed by atoms with E-state index >= 15 is 0 Å². The molecule has 0 spiro atoms. The van der Waals surface area contributed by atoms with Gasteiger partial charge in [-0.2, -0.15) is 0 Å². The van der Waals surface area contributed by atoms with Gasteiger partial charge >= 0.3 is 0 Å². The summed E-state index contributed by atoms with van der Waals surface area (Å²) >= 11 is 0. The normalized spacial score (nSPS) is 18.9. The molecule has 1 unspecified atom stereocenters. The molecule has 0 heterocycles. The molecule has 1 saturated carbocycles. The Kier molecular flexibility index (Phi) is 6.86. The zero-order chi connectivity index (χ0) is 17.5. The van der Waals surface area contributed by atoms with Crippen molar-refractivity contribution < 1.29 is 10.2 Å². The van der Waals surface area contributed by atoms with Crippen molar-refractivity contribution in [1.29, 1.82) is 0 Å². The van der Waals surface area contributed by atoms with Crippen LogP contribution in [-0.4, -0.2) is 41.4 Å². The van der Waals surface area contributed by atoms with Gasteiger partial charge in [0.25, 0.3) is 0 Å². The predicted octanol–water partition coefficient (Wildman–Crippen LogP) is 3.16. The number of hydrogen-bond donors (Lipinski definition) is 2. The van der Waals surface area contributed by atoms with Crippen LogP contribution in [0.5, 0.6) is 0 Å². The minimum absolute atomic E-state index is 0.136. The van der Waals surface area contributed by atoms with Crippen molar-refractivity contribution in [2.75, 3.05) is 26.2 Å². The van der Waals surface area contributed by atoms with Crippen LogP contribution in [0.2, 0.25) is 0 Å². The molecular weight excluding hydrogens is 298 g/mol. The summed E-state index contributed by atoms with van der Waals surface area (Å²) in [6.07, 6.45) is 5.31. The fourth-order valence-corrected chi connectivity index (χ4v) is 3.98. The summed E-state index contributed by atoms with van der Waals surface area (Å²) in [5.74, 6) is 6.46. The van der Waals surface area contributed by atoms with E-state index in [4.69, 9.17) is 5.11 Å². The van der Waals surface area contributed by atoms with Crippen LogP contribution in [0.25, 0.3) is 0 Å². The largest absolute Gasteiger partial charge is 0.395 e. The SMILES string of the molecule is CCN(CC#CC(O)(c1ccccc1)C1(CC)CCCC1)CCO. The van der Waals surface area contributed by atoms with Crippen molar-refractivity contribution in [2.45, 2.75) is 51.6 Å². The third-order valence-corrected chi connectivity index (χ3v) is 5.63. The third kappa shape index (κ3) is 3.83. The lowest BCUT2D eigenvalue weighted by atomic mass is 9.65. The lowest BCUT2D eigenvalue weighted by molar-refractivity contribution is -0.0422. The van der Waals surface area contributed by atoms with Crippen molar-refractivity contribution in [3.63, 3.8) is 0 Å². The zero-order valence-corrected chi connectivity index (χ0v) is 15.1. The molecule has 0 radical (unpaired) electrons. The van der Waals surface area contributed by atoms with Gasteiger partial charge in [0.05, 0.1) is 13.2 Å². The van der Waals surface area contributed by atoms with Gasteiger partial charge in [-0.25, -0.2) is 0 Å². The molecule has 0 bridgehead atoms. The van der Waals surface area contributed by atoms with E-state index in [2.05, 4.69) is 30.6 Å². The Morgan fingerprint density at radius 2 is 1.83 bits per heavy atom. The van der Waals surface area contributed by atoms with Gasteiger partial charge in [-0.15, -0.1) is 0 Å². The molecule has 1 aromatic rings. The summed E-state index contributed by atoms with van der Waals surface area (Å²) in [5, 5.41) is 20.8. The molecule has 1 aromatic carbocycles. The van der Waals surface area contributed by atoms with Crippen LogP contribution >= 0.6 is 0 Å².